The van der Waals surface area contributed by atoms with Crippen molar-refractivity contribution in [2.75, 3.05) is 0 Å². The molecule has 1 N–H and O–H groups in total. The topological polar surface area (TPSA) is 51.1 Å². The van der Waals surface area contributed by atoms with Crippen LogP contribution in [0.1, 0.15) is 37.8 Å². The molecule has 0 fully saturated rings. The standard InChI is InChI=1S/C18H24N2O2/c1-5-6-14(4)19-17(22)11-20-8-7-16(21)18-13(3)9-12(2)10-15(18)20/h7-10,14H,5-6,11H2,1-4H3,(H,19,22)/t14-/m0/s1. The van der Waals surface area contributed by atoms with Crippen LogP contribution in [0, 0.1) is 13.8 Å². The quantitative estimate of drug-likeness (QED) is 0.923. The van der Waals surface area contributed by atoms with Gasteiger partial charge < -0.3 is 9.88 Å². The number of fused-ring (bicyclic) bond motifs is 1. The summed E-state index contributed by atoms with van der Waals surface area (Å²) in [5.74, 6) is -0.0231. The van der Waals surface area contributed by atoms with Crippen LogP contribution < -0.4 is 10.7 Å². The van der Waals surface area contributed by atoms with E-state index in [-0.39, 0.29) is 23.9 Å². The van der Waals surface area contributed by atoms with Gasteiger partial charge in [0, 0.05) is 23.7 Å². The van der Waals surface area contributed by atoms with Gasteiger partial charge in [0.05, 0.1) is 5.52 Å². The summed E-state index contributed by atoms with van der Waals surface area (Å²) in [5.41, 5.74) is 2.87. The number of amides is 1. The summed E-state index contributed by atoms with van der Waals surface area (Å²) in [6, 6.07) is 5.67. The van der Waals surface area contributed by atoms with Crippen LogP contribution in [-0.2, 0) is 11.3 Å². The predicted molar refractivity (Wildman–Crippen MR) is 90.2 cm³/mol. The molecular weight excluding hydrogens is 276 g/mol. The van der Waals surface area contributed by atoms with E-state index in [1.54, 1.807) is 6.20 Å². The highest BCUT2D eigenvalue weighted by Gasteiger charge is 2.11. The molecule has 0 bridgehead atoms. The maximum Gasteiger partial charge on any atom is 0.240 e. The molecule has 0 radical (unpaired) electrons. The molecule has 0 spiro atoms. The van der Waals surface area contributed by atoms with Gasteiger partial charge >= 0.3 is 0 Å². The first-order valence-electron chi connectivity index (χ1n) is 7.82. The highest BCUT2D eigenvalue weighted by atomic mass is 16.2. The van der Waals surface area contributed by atoms with E-state index in [0.717, 1.165) is 29.5 Å². The SMILES string of the molecule is CCC[C@H](C)NC(=O)Cn1ccc(=O)c2c(C)cc(C)cc21. The third-order valence-electron chi connectivity index (χ3n) is 3.86. The Bertz CT molecular complexity index is 747. The Morgan fingerprint density at radius 1 is 1.32 bits per heavy atom. The van der Waals surface area contributed by atoms with Gasteiger partial charge in [-0.05, 0) is 44.4 Å². The van der Waals surface area contributed by atoms with Crippen molar-refractivity contribution in [3.63, 3.8) is 0 Å². The highest BCUT2D eigenvalue weighted by Crippen LogP contribution is 2.17. The fourth-order valence-electron chi connectivity index (χ4n) is 2.93. The number of aromatic nitrogens is 1. The van der Waals surface area contributed by atoms with E-state index in [2.05, 4.69) is 12.2 Å². The number of nitrogens with one attached hydrogen (secondary N) is 1. The van der Waals surface area contributed by atoms with E-state index < -0.39 is 0 Å². The molecule has 0 unspecified atom stereocenters. The normalized spacial score (nSPS) is 12.4. The minimum Gasteiger partial charge on any atom is -0.352 e. The minimum absolute atomic E-state index is 0.00325. The second-order valence-electron chi connectivity index (χ2n) is 6.04. The molecular formula is C18H24N2O2. The van der Waals surface area contributed by atoms with E-state index in [1.165, 1.54) is 6.07 Å². The molecule has 2 aromatic rings. The molecule has 4 heteroatoms. The van der Waals surface area contributed by atoms with Gasteiger partial charge in [-0.15, -0.1) is 0 Å². The number of hydrogen-bond acceptors (Lipinski definition) is 2. The third-order valence-corrected chi connectivity index (χ3v) is 3.86. The molecule has 1 aromatic heterocycles. The first-order valence-corrected chi connectivity index (χ1v) is 7.82. The fraction of sp³-hybridized carbons (Fsp3) is 0.444. The van der Waals surface area contributed by atoms with E-state index in [9.17, 15) is 9.59 Å². The van der Waals surface area contributed by atoms with Crippen LogP contribution in [0.5, 0.6) is 0 Å². The van der Waals surface area contributed by atoms with Crippen molar-refractivity contribution in [1.29, 1.82) is 0 Å². The molecule has 2 rings (SSSR count). The molecule has 0 saturated carbocycles. The molecule has 0 aliphatic carbocycles. The zero-order chi connectivity index (χ0) is 16.3. The summed E-state index contributed by atoms with van der Waals surface area (Å²) in [7, 11) is 0. The third kappa shape index (κ3) is 3.56. The second-order valence-corrected chi connectivity index (χ2v) is 6.04. The van der Waals surface area contributed by atoms with Crippen LogP contribution in [0.25, 0.3) is 10.9 Å². The lowest BCUT2D eigenvalue weighted by molar-refractivity contribution is -0.122. The molecule has 1 amide bonds. The average molecular weight is 300 g/mol. The number of nitrogens with zero attached hydrogens (tertiary/aromatic N) is 1. The molecule has 22 heavy (non-hydrogen) atoms. The van der Waals surface area contributed by atoms with Gasteiger partial charge in [-0.2, -0.15) is 0 Å². The summed E-state index contributed by atoms with van der Waals surface area (Å²) in [6.07, 6.45) is 3.71. The number of carbonyl (C=O) groups excluding carboxylic acids is 1. The summed E-state index contributed by atoms with van der Waals surface area (Å²) < 4.78 is 1.85. The maximum absolute atomic E-state index is 12.2. The Balaban J connectivity index is 2.34. The molecule has 1 atom stereocenters. The zero-order valence-corrected chi connectivity index (χ0v) is 13.8. The van der Waals surface area contributed by atoms with Crippen molar-refractivity contribution in [2.24, 2.45) is 0 Å². The highest BCUT2D eigenvalue weighted by molar-refractivity contribution is 5.85. The van der Waals surface area contributed by atoms with Crippen LogP contribution in [0.2, 0.25) is 0 Å². The van der Waals surface area contributed by atoms with Crippen LogP contribution in [-0.4, -0.2) is 16.5 Å². The lowest BCUT2D eigenvalue weighted by Crippen LogP contribution is -2.35. The van der Waals surface area contributed by atoms with Crippen molar-refractivity contribution < 1.29 is 4.79 Å². The van der Waals surface area contributed by atoms with E-state index in [4.69, 9.17) is 0 Å². The lowest BCUT2D eigenvalue weighted by Gasteiger charge is -2.16. The summed E-state index contributed by atoms with van der Waals surface area (Å²) in [5, 5.41) is 3.70. The molecule has 0 aliphatic rings. The van der Waals surface area contributed by atoms with Crippen molar-refractivity contribution >= 4 is 16.8 Å². The van der Waals surface area contributed by atoms with Crippen molar-refractivity contribution in [3.05, 3.63) is 45.7 Å². The molecule has 118 valence electrons. The van der Waals surface area contributed by atoms with Crippen LogP contribution in [0.15, 0.2) is 29.2 Å². The van der Waals surface area contributed by atoms with Gasteiger partial charge in [0.2, 0.25) is 5.91 Å². The van der Waals surface area contributed by atoms with Crippen molar-refractivity contribution in [3.8, 4) is 0 Å². The first-order chi connectivity index (χ1) is 10.4. The monoisotopic (exact) mass is 300 g/mol. The number of benzene rings is 1. The Labute approximate surface area is 131 Å². The minimum atomic E-state index is -0.0231. The van der Waals surface area contributed by atoms with Gasteiger partial charge in [-0.25, -0.2) is 0 Å². The van der Waals surface area contributed by atoms with E-state index >= 15 is 0 Å². The molecule has 4 nitrogen and oxygen atoms in total. The van der Waals surface area contributed by atoms with Crippen molar-refractivity contribution in [2.45, 2.75) is 53.1 Å². The number of pyridine rings is 1. The Kier molecular flexibility index (Phi) is 5.01. The maximum atomic E-state index is 12.2. The molecule has 1 heterocycles. The van der Waals surface area contributed by atoms with Crippen LogP contribution >= 0.6 is 0 Å². The molecule has 1 aromatic carbocycles. The smallest absolute Gasteiger partial charge is 0.240 e. The summed E-state index contributed by atoms with van der Waals surface area (Å²) in [6.45, 7) is 8.28. The average Bonchev–Trinajstić information content (AvgIpc) is 2.41. The van der Waals surface area contributed by atoms with Crippen LogP contribution in [0.3, 0.4) is 0 Å². The first kappa shape index (κ1) is 16.3. The largest absolute Gasteiger partial charge is 0.352 e. The lowest BCUT2D eigenvalue weighted by atomic mass is 10.1. The van der Waals surface area contributed by atoms with Crippen molar-refractivity contribution in [1.82, 2.24) is 9.88 Å². The summed E-state index contributed by atoms with van der Waals surface area (Å²) >= 11 is 0. The zero-order valence-electron chi connectivity index (χ0n) is 13.8. The Morgan fingerprint density at radius 3 is 2.73 bits per heavy atom. The fourth-order valence-corrected chi connectivity index (χ4v) is 2.93. The summed E-state index contributed by atoms with van der Waals surface area (Å²) in [4.78, 5) is 24.3. The Hall–Kier alpha value is -2.10. The molecule has 0 saturated heterocycles. The van der Waals surface area contributed by atoms with Gasteiger partial charge in [0.1, 0.15) is 6.54 Å². The Morgan fingerprint density at radius 2 is 2.05 bits per heavy atom. The predicted octanol–water partition coefficient (Wildman–Crippen LogP) is 2.92. The number of hydrogen-bond donors (Lipinski definition) is 1. The van der Waals surface area contributed by atoms with Gasteiger partial charge in [0.25, 0.3) is 0 Å². The number of carbonyl (C=O) groups is 1. The van der Waals surface area contributed by atoms with Crippen LogP contribution in [0.4, 0.5) is 0 Å². The van der Waals surface area contributed by atoms with Gasteiger partial charge in [0.15, 0.2) is 5.43 Å². The van der Waals surface area contributed by atoms with Gasteiger partial charge in [-0.1, -0.05) is 19.4 Å². The number of rotatable bonds is 5. The number of aryl methyl sites for hydroxylation is 2. The van der Waals surface area contributed by atoms with E-state index in [1.807, 2.05) is 37.5 Å². The van der Waals surface area contributed by atoms with E-state index in [0.29, 0.717) is 5.39 Å². The molecule has 0 aliphatic heterocycles. The van der Waals surface area contributed by atoms with Gasteiger partial charge in [-0.3, -0.25) is 9.59 Å². The second kappa shape index (κ2) is 6.77.